The van der Waals surface area contributed by atoms with E-state index in [1.807, 2.05) is 0 Å². The lowest BCUT2D eigenvalue weighted by atomic mass is 10.2. The lowest BCUT2D eigenvalue weighted by molar-refractivity contribution is -0.117. The minimum Gasteiger partial charge on any atom is -0.363 e. The van der Waals surface area contributed by atoms with E-state index in [-0.39, 0.29) is 11.6 Å². The Morgan fingerprint density at radius 3 is 1.39 bits per heavy atom. The number of carbonyl (C=O) groups excluding carboxylic acids is 2. The van der Waals surface area contributed by atoms with Crippen molar-refractivity contribution in [3.63, 3.8) is 0 Å². The molecule has 0 saturated heterocycles. The highest BCUT2D eigenvalue weighted by atomic mass is 35.5. The molecule has 0 radical (unpaired) electrons. The van der Waals surface area contributed by atoms with Crippen LogP contribution in [0, 0.1) is 0 Å². The fourth-order valence-corrected chi connectivity index (χ4v) is 1.41. The van der Waals surface area contributed by atoms with Crippen LogP contribution < -0.4 is 10.6 Å². The second-order valence-electron chi connectivity index (χ2n) is 3.81. The van der Waals surface area contributed by atoms with E-state index >= 15 is 0 Å². The van der Waals surface area contributed by atoms with E-state index in [9.17, 15) is 9.59 Å². The molecule has 0 aliphatic heterocycles. The summed E-state index contributed by atoms with van der Waals surface area (Å²) in [7, 11) is 0. The molecule has 0 bridgehead atoms. The zero-order chi connectivity index (χ0) is 13.7. The Labute approximate surface area is 116 Å². The Kier molecular flexibility index (Phi) is 5.44. The molecule has 0 aliphatic rings. The number of benzene rings is 1. The molecule has 18 heavy (non-hydrogen) atoms. The van der Waals surface area contributed by atoms with Gasteiger partial charge in [0.2, 0.25) is 0 Å². The second-order valence-corrected chi connectivity index (χ2v) is 4.69. The van der Waals surface area contributed by atoms with Gasteiger partial charge in [-0.25, -0.2) is 0 Å². The number of hydrogen-bond acceptors (Lipinski definition) is 4. The topological polar surface area (TPSA) is 58.2 Å². The summed E-state index contributed by atoms with van der Waals surface area (Å²) >= 11 is 11.5. The van der Waals surface area contributed by atoms with Crippen molar-refractivity contribution in [2.75, 3.05) is 10.6 Å². The third-order valence-corrected chi connectivity index (χ3v) is 3.02. The first-order valence-electron chi connectivity index (χ1n) is 5.32. The monoisotopic (exact) mass is 288 g/mol. The standard InChI is InChI=1S/C12H14Cl2N2O2/c1-7(17)11(13)15-9-3-5-10(6-4-9)16-12(14)8(2)18/h3-6,11-12,15-16H,1-2H3. The smallest absolute Gasteiger partial charge is 0.167 e. The first kappa shape index (κ1) is 14.8. The summed E-state index contributed by atoms with van der Waals surface area (Å²) in [5, 5.41) is 5.67. The van der Waals surface area contributed by atoms with Crippen molar-refractivity contribution in [2.45, 2.75) is 24.8 Å². The maximum absolute atomic E-state index is 11.0. The van der Waals surface area contributed by atoms with Gasteiger partial charge in [0.25, 0.3) is 0 Å². The molecule has 2 atom stereocenters. The molecule has 4 nitrogen and oxygen atoms in total. The van der Waals surface area contributed by atoms with Gasteiger partial charge in [0.15, 0.2) is 22.6 Å². The normalized spacial score (nSPS) is 13.6. The number of nitrogens with one attached hydrogen (secondary N) is 2. The predicted molar refractivity (Wildman–Crippen MR) is 74.3 cm³/mol. The molecular formula is C12H14Cl2N2O2. The summed E-state index contributed by atoms with van der Waals surface area (Å²) in [5.41, 5.74) is -0.0713. The van der Waals surface area contributed by atoms with Crippen molar-refractivity contribution in [2.24, 2.45) is 0 Å². The Morgan fingerprint density at radius 2 is 1.17 bits per heavy atom. The van der Waals surface area contributed by atoms with Crippen LogP contribution in [-0.4, -0.2) is 22.6 Å². The molecular weight excluding hydrogens is 275 g/mol. The number of anilines is 2. The number of carbonyl (C=O) groups is 2. The van der Waals surface area contributed by atoms with Crippen molar-refractivity contribution in [1.82, 2.24) is 0 Å². The zero-order valence-corrected chi connectivity index (χ0v) is 11.5. The molecule has 2 unspecified atom stereocenters. The molecule has 0 aromatic heterocycles. The third kappa shape index (κ3) is 4.55. The van der Waals surface area contributed by atoms with E-state index in [0.29, 0.717) is 11.4 Å². The van der Waals surface area contributed by atoms with E-state index in [4.69, 9.17) is 23.2 Å². The molecule has 0 amide bonds. The van der Waals surface area contributed by atoms with E-state index < -0.39 is 11.0 Å². The maximum atomic E-state index is 11.0. The summed E-state index contributed by atoms with van der Waals surface area (Å²) in [6.07, 6.45) is 0. The predicted octanol–water partition coefficient (Wildman–Crippen LogP) is 2.82. The number of alkyl halides is 2. The van der Waals surface area contributed by atoms with Gasteiger partial charge in [0.1, 0.15) is 0 Å². The minimum atomic E-state index is -0.748. The van der Waals surface area contributed by atoms with Crippen LogP contribution in [0.4, 0.5) is 11.4 Å². The highest BCUT2D eigenvalue weighted by Crippen LogP contribution is 2.17. The van der Waals surface area contributed by atoms with Gasteiger partial charge in [-0.15, -0.1) is 0 Å². The van der Waals surface area contributed by atoms with Crippen LogP contribution in [0.2, 0.25) is 0 Å². The van der Waals surface area contributed by atoms with Crippen molar-refractivity contribution >= 4 is 46.1 Å². The average molecular weight is 289 g/mol. The van der Waals surface area contributed by atoms with Gasteiger partial charge in [-0.1, -0.05) is 23.2 Å². The van der Waals surface area contributed by atoms with Crippen LogP contribution in [0.1, 0.15) is 13.8 Å². The molecule has 0 aliphatic carbocycles. The molecule has 0 heterocycles. The van der Waals surface area contributed by atoms with E-state index in [0.717, 1.165) is 0 Å². The molecule has 1 rings (SSSR count). The molecule has 2 N–H and O–H groups in total. The number of rotatable bonds is 6. The molecule has 0 spiro atoms. The summed E-state index contributed by atoms with van der Waals surface area (Å²) in [6.45, 7) is 2.82. The van der Waals surface area contributed by atoms with Crippen LogP contribution in [0.3, 0.4) is 0 Å². The van der Waals surface area contributed by atoms with Crippen LogP contribution >= 0.6 is 23.2 Å². The molecule has 1 aromatic rings. The van der Waals surface area contributed by atoms with Crippen molar-refractivity contribution in [3.05, 3.63) is 24.3 Å². The van der Waals surface area contributed by atoms with Crippen LogP contribution in [0.15, 0.2) is 24.3 Å². The van der Waals surface area contributed by atoms with Gasteiger partial charge < -0.3 is 10.6 Å². The van der Waals surface area contributed by atoms with Gasteiger partial charge in [-0.05, 0) is 38.1 Å². The van der Waals surface area contributed by atoms with Crippen LogP contribution in [0.5, 0.6) is 0 Å². The SMILES string of the molecule is CC(=O)C(Cl)Nc1ccc(NC(Cl)C(C)=O)cc1. The Morgan fingerprint density at radius 1 is 0.889 bits per heavy atom. The first-order valence-corrected chi connectivity index (χ1v) is 6.19. The summed E-state index contributed by atoms with van der Waals surface area (Å²) in [5.74, 6) is -0.312. The Bertz CT molecular complexity index is 393. The molecule has 6 heteroatoms. The van der Waals surface area contributed by atoms with Crippen LogP contribution in [-0.2, 0) is 9.59 Å². The van der Waals surface area contributed by atoms with Gasteiger partial charge in [0, 0.05) is 11.4 Å². The molecule has 0 saturated carbocycles. The third-order valence-electron chi connectivity index (χ3n) is 2.19. The first-order chi connectivity index (χ1) is 8.40. The largest absolute Gasteiger partial charge is 0.363 e. The Balaban J connectivity index is 2.63. The van der Waals surface area contributed by atoms with Crippen molar-refractivity contribution < 1.29 is 9.59 Å². The highest BCUT2D eigenvalue weighted by molar-refractivity contribution is 6.32. The maximum Gasteiger partial charge on any atom is 0.167 e. The van der Waals surface area contributed by atoms with Crippen molar-refractivity contribution in [1.29, 1.82) is 0 Å². The molecule has 0 fully saturated rings. The number of hydrogen-bond donors (Lipinski definition) is 2. The Hall–Kier alpha value is -1.26. The van der Waals surface area contributed by atoms with Gasteiger partial charge in [-0.3, -0.25) is 9.59 Å². The number of halogens is 2. The van der Waals surface area contributed by atoms with Gasteiger partial charge >= 0.3 is 0 Å². The van der Waals surface area contributed by atoms with E-state index in [2.05, 4.69) is 10.6 Å². The molecule has 98 valence electrons. The molecule has 1 aromatic carbocycles. The van der Waals surface area contributed by atoms with E-state index in [1.54, 1.807) is 24.3 Å². The van der Waals surface area contributed by atoms with E-state index in [1.165, 1.54) is 13.8 Å². The zero-order valence-electron chi connectivity index (χ0n) is 10.0. The average Bonchev–Trinajstić information content (AvgIpc) is 2.31. The van der Waals surface area contributed by atoms with Crippen LogP contribution in [0.25, 0.3) is 0 Å². The fraction of sp³-hybridized carbons (Fsp3) is 0.333. The quantitative estimate of drug-likeness (QED) is 0.624. The number of Topliss-reactive ketones (excluding diaryl/α,β-unsaturated/α-hetero) is 2. The minimum absolute atomic E-state index is 0.156. The number of ketones is 2. The second kappa shape index (κ2) is 6.61. The van der Waals surface area contributed by atoms with Gasteiger partial charge in [0.05, 0.1) is 0 Å². The van der Waals surface area contributed by atoms with Crippen molar-refractivity contribution in [3.8, 4) is 0 Å². The fourth-order valence-electron chi connectivity index (χ4n) is 1.16. The summed E-state index contributed by atoms with van der Waals surface area (Å²) in [4.78, 5) is 21.9. The lowest BCUT2D eigenvalue weighted by Crippen LogP contribution is -2.21. The van der Waals surface area contributed by atoms with Gasteiger partial charge in [-0.2, -0.15) is 0 Å². The summed E-state index contributed by atoms with van der Waals surface area (Å²) in [6, 6.07) is 6.96. The highest BCUT2D eigenvalue weighted by Gasteiger charge is 2.11. The summed E-state index contributed by atoms with van der Waals surface area (Å²) < 4.78 is 0. The lowest BCUT2D eigenvalue weighted by Gasteiger charge is -2.13.